The molecule has 56 heavy (non-hydrogen) atoms. The van der Waals surface area contributed by atoms with Crippen molar-refractivity contribution in [1.82, 2.24) is 29.1 Å². The lowest BCUT2D eigenvalue weighted by molar-refractivity contribution is 1.07. The van der Waals surface area contributed by atoms with Crippen molar-refractivity contribution >= 4 is 43.6 Å². The first kappa shape index (κ1) is 31.8. The highest BCUT2D eigenvalue weighted by atomic mass is 15.0. The molecule has 4 heterocycles. The second kappa shape index (κ2) is 13.0. The molecule has 0 aliphatic rings. The van der Waals surface area contributed by atoms with Crippen LogP contribution in [-0.4, -0.2) is 29.1 Å². The minimum absolute atomic E-state index is 0.596. The lowest BCUT2D eigenvalue weighted by Crippen LogP contribution is -2.02. The zero-order chi connectivity index (χ0) is 37.0. The van der Waals surface area contributed by atoms with E-state index in [1.165, 1.54) is 32.6 Å². The Bertz CT molecular complexity index is 3130. The van der Waals surface area contributed by atoms with Gasteiger partial charge in [0.05, 0.1) is 22.1 Å². The quantitative estimate of drug-likeness (QED) is 0.172. The Hall–Kier alpha value is -7.70. The molecule has 0 fully saturated rings. The van der Waals surface area contributed by atoms with E-state index >= 15 is 0 Å². The van der Waals surface area contributed by atoms with Gasteiger partial charge in [-0.2, -0.15) is 0 Å². The van der Waals surface area contributed by atoms with Crippen LogP contribution in [0.4, 0.5) is 0 Å². The Morgan fingerprint density at radius 3 is 1.36 bits per heavy atom. The number of para-hydroxylation sites is 3. The molecule has 0 radical (unpaired) electrons. The Balaban J connectivity index is 1.16. The zero-order valence-corrected chi connectivity index (χ0v) is 30.2. The number of fused-ring (bicyclic) bond motifs is 6. The monoisotopic (exact) mass is 716 g/mol. The van der Waals surface area contributed by atoms with Gasteiger partial charge in [0.2, 0.25) is 0 Å². The molecular weight excluding hydrogens is 685 g/mol. The third-order valence-electron chi connectivity index (χ3n) is 10.7. The molecule has 0 aliphatic heterocycles. The van der Waals surface area contributed by atoms with Gasteiger partial charge in [-0.1, -0.05) is 127 Å². The van der Waals surface area contributed by atoms with Crippen LogP contribution >= 0.6 is 0 Å². The number of rotatable bonds is 6. The van der Waals surface area contributed by atoms with Gasteiger partial charge in [0.25, 0.3) is 0 Å². The van der Waals surface area contributed by atoms with E-state index in [1.807, 2.05) is 72.9 Å². The predicted octanol–water partition coefficient (Wildman–Crippen LogP) is 12.1. The van der Waals surface area contributed by atoms with E-state index < -0.39 is 0 Å². The van der Waals surface area contributed by atoms with Crippen LogP contribution < -0.4 is 0 Å². The van der Waals surface area contributed by atoms with Crippen molar-refractivity contribution in [1.29, 1.82) is 0 Å². The largest absolute Gasteiger partial charge is 0.309 e. The minimum Gasteiger partial charge on any atom is -0.309 e. The molecule has 0 aliphatic carbocycles. The smallest absolute Gasteiger partial charge is 0.164 e. The molecule has 0 bridgehead atoms. The predicted molar refractivity (Wildman–Crippen MR) is 228 cm³/mol. The molecule has 262 valence electrons. The maximum Gasteiger partial charge on any atom is 0.164 e. The lowest BCUT2D eigenvalue weighted by Gasteiger charge is -2.16. The first-order chi connectivity index (χ1) is 27.8. The number of benzene rings is 7. The molecule has 0 amide bonds. The van der Waals surface area contributed by atoms with Crippen molar-refractivity contribution in [2.75, 3.05) is 0 Å². The van der Waals surface area contributed by atoms with E-state index in [-0.39, 0.29) is 0 Å². The van der Waals surface area contributed by atoms with E-state index in [4.69, 9.17) is 15.0 Å². The Labute approximate surface area is 322 Å². The van der Waals surface area contributed by atoms with Crippen LogP contribution in [0.25, 0.3) is 100 Å². The van der Waals surface area contributed by atoms with Gasteiger partial charge in [-0.25, -0.2) is 15.0 Å². The average molecular weight is 717 g/mol. The standard InChI is InChI=1S/C50H32N6/c1-3-14-33(15-4-1)48-52-49(34-16-5-2-6-17-34)54-50(53-48)42-28-26-36(30-43(42)35-18-13-29-51-32-35)56-46-24-12-9-21-40(46)41-27-25-37(31-47(41)56)55-44-22-10-7-19-38(44)39-20-8-11-23-45(39)55/h1-32H. The zero-order valence-electron chi connectivity index (χ0n) is 30.2. The van der Waals surface area contributed by atoms with Crippen molar-refractivity contribution in [3.8, 4) is 56.7 Å². The Morgan fingerprint density at radius 2 is 0.786 bits per heavy atom. The molecule has 4 aromatic heterocycles. The summed E-state index contributed by atoms with van der Waals surface area (Å²) in [7, 11) is 0. The highest BCUT2D eigenvalue weighted by molar-refractivity contribution is 6.12. The Morgan fingerprint density at radius 1 is 0.321 bits per heavy atom. The van der Waals surface area contributed by atoms with Crippen LogP contribution in [0.5, 0.6) is 0 Å². The number of nitrogens with zero attached hydrogens (tertiary/aromatic N) is 6. The average Bonchev–Trinajstić information content (AvgIpc) is 3.79. The summed E-state index contributed by atoms with van der Waals surface area (Å²) in [4.78, 5) is 19.7. The van der Waals surface area contributed by atoms with Gasteiger partial charge < -0.3 is 9.13 Å². The maximum atomic E-state index is 5.12. The summed E-state index contributed by atoms with van der Waals surface area (Å²) >= 11 is 0. The van der Waals surface area contributed by atoms with Crippen LogP contribution in [0.15, 0.2) is 194 Å². The van der Waals surface area contributed by atoms with Crippen LogP contribution in [0.1, 0.15) is 0 Å². The van der Waals surface area contributed by atoms with Gasteiger partial charge in [-0.15, -0.1) is 0 Å². The van der Waals surface area contributed by atoms with E-state index in [0.717, 1.165) is 50.2 Å². The second-order valence-corrected chi connectivity index (χ2v) is 13.9. The van der Waals surface area contributed by atoms with Gasteiger partial charge in [0.1, 0.15) is 0 Å². The summed E-state index contributed by atoms with van der Waals surface area (Å²) in [5.74, 6) is 1.84. The molecule has 11 rings (SSSR count). The topological polar surface area (TPSA) is 61.4 Å². The fourth-order valence-electron chi connectivity index (χ4n) is 8.13. The molecule has 11 aromatic rings. The highest BCUT2D eigenvalue weighted by Crippen LogP contribution is 2.39. The molecule has 0 N–H and O–H groups in total. The molecule has 0 saturated heterocycles. The van der Waals surface area contributed by atoms with Gasteiger partial charge >= 0.3 is 0 Å². The van der Waals surface area contributed by atoms with Crippen molar-refractivity contribution < 1.29 is 0 Å². The number of aromatic nitrogens is 6. The molecule has 0 saturated carbocycles. The molecular formula is C50H32N6. The van der Waals surface area contributed by atoms with Crippen molar-refractivity contribution in [2.45, 2.75) is 0 Å². The van der Waals surface area contributed by atoms with Crippen molar-refractivity contribution in [3.05, 3.63) is 194 Å². The van der Waals surface area contributed by atoms with E-state index in [0.29, 0.717) is 17.5 Å². The second-order valence-electron chi connectivity index (χ2n) is 13.9. The SMILES string of the molecule is c1ccc(-c2nc(-c3ccccc3)nc(-c3ccc(-n4c5ccccc5c5ccc(-n6c7ccccc7c7ccccc76)cc54)cc3-c3cccnc3)n2)cc1. The van der Waals surface area contributed by atoms with Crippen molar-refractivity contribution in [3.63, 3.8) is 0 Å². The molecule has 6 heteroatoms. The van der Waals surface area contributed by atoms with Gasteiger partial charge in [0, 0.05) is 67.6 Å². The number of hydrogen-bond acceptors (Lipinski definition) is 4. The fourth-order valence-corrected chi connectivity index (χ4v) is 8.13. The summed E-state index contributed by atoms with van der Waals surface area (Å²) < 4.78 is 4.76. The van der Waals surface area contributed by atoms with Crippen LogP contribution in [0, 0.1) is 0 Å². The first-order valence-corrected chi connectivity index (χ1v) is 18.7. The minimum atomic E-state index is 0.596. The fraction of sp³-hybridized carbons (Fsp3) is 0. The summed E-state index contributed by atoms with van der Waals surface area (Å²) in [6, 6.07) is 63.6. The van der Waals surface area contributed by atoms with Crippen molar-refractivity contribution in [2.24, 2.45) is 0 Å². The first-order valence-electron chi connectivity index (χ1n) is 18.7. The molecule has 0 atom stereocenters. The third kappa shape index (κ3) is 5.19. The van der Waals surface area contributed by atoms with E-state index in [9.17, 15) is 0 Å². The maximum absolute atomic E-state index is 5.12. The molecule has 6 nitrogen and oxygen atoms in total. The normalized spacial score (nSPS) is 11.6. The molecule has 7 aromatic carbocycles. The third-order valence-corrected chi connectivity index (χ3v) is 10.7. The summed E-state index contributed by atoms with van der Waals surface area (Å²) in [5.41, 5.74) is 11.4. The van der Waals surface area contributed by atoms with E-state index in [2.05, 4.69) is 129 Å². The van der Waals surface area contributed by atoms with Crippen LogP contribution in [0.3, 0.4) is 0 Å². The number of pyridine rings is 1. The summed E-state index contributed by atoms with van der Waals surface area (Å²) in [6.45, 7) is 0. The summed E-state index contributed by atoms with van der Waals surface area (Å²) in [6.07, 6.45) is 3.71. The lowest BCUT2D eigenvalue weighted by atomic mass is 9.99. The van der Waals surface area contributed by atoms with Gasteiger partial charge in [-0.3, -0.25) is 4.98 Å². The van der Waals surface area contributed by atoms with E-state index in [1.54, 1.807) is 6.20 Å². The Kier molecular flexibility index (Phi) is 7.38. The molecule has 0 unspecified atom stereocenters. The summed E-state index contributed by atoms with van der Waals surface area (Å²) in [5, 5.41) is 4.87. The number of hydrogen-bond donors (Lipinski definition) is 0. The van der Waals surface area contributed by atoms with Crippen LogP contribution in [0.2, 0.25) is 0 Å². The molecule has 0 spiro atoms. The van der Waals surface area contributed by atoms with Gasteiger partial charge in [-0.05, 0) is 60.2 Å². The highest BCUT2D eigenvalue weighted by Gasteiger charge is 2.20. The van der Waals surface area contributed by atoms with Gasteiger partial charge in [0.15, 0.2) is 17.5 Å². The van der Waals surface area contributed by atoms with Crippen LogP contribution in [-0.2, 0) is 0 Å².